The number of anilines is 2. The van der Waals surface area contributed by atoms with Crippen molar-refractivity contribution in [2.24, 2.45) is 5.92 Å². The first-order valence-corrected chi connectivity index (χ1v) is 11.9. The Hall–Kier alpha value is -2.83. The molecular formula is C21H21ClF3N3O5S. The van der Waals surface area contributed by atoms with E-state index in [1.165, 1.54) is 31.4 Å². The number of alkyl halides is 3. The van der Waals surface area contributed by atoms with E-state index in [4.69, 9.17) is 11.6 Å². The van der Waals surface area contributed by atoms with Crippen LogP contribution < -0.4 is 10.6 Å². The van der Waals surface area contributed by atoms with Gasteiger partial charge in [0.05, 0.1) is 34.2 Å². The second kappa shape index (κ2) is 10.2. The van der Waals surface area contributed by atoms with E-state index in [1.54, 1.807) is 0 Å². The summed E-state index contributed by atoms with van der Waals surface area (Å²) in [4.78, 5) is 24.0. The highest BCUT2D eigenvalue weighted by molar-refractivity contribution is 7.89. The molecular weight excluding hydrogens is 499 g/mol. The van der Waals surface area contributed by atoms with Gasteiger partial charge in [0.15, 0.2) is 0 Å². The number of nitrogens with zero attached hydrogens (tertiary/aromatic N) is 1. The Morgan fingerprint density at radius 2 is 1.79 bits per heavy atom. The lowest BCUT2D eigenvalue weighted by Gasteiger charge is -2.31. The molecule has 0 bridgehead atoms. The number of rotatable bonds is 5. The van der Waals surface area contributed by atoms with Gasteiger partial charge < -0.3 is 10.1 Å². The van der Waals surface area contributed by atoms with Crippen molar-refractivity contribution in [3.05, 3.63) is 53.1 Å². The van der Waals surface area contributed by atoms with Gasteiger partial charge >= 0.3 is 12.3 Å². The molecule has 2 aromatic carbocycles. The van der Waals surface area contributed by atoms with Gasteiger partial charge in [-0.05, 0) is 55.3 Å². The summed E-state index contributed by atoms with van der Waals surface area (Å²) in [6, 6.07) is 8.00. The zero-order valence-electron chi connectivity index (χ0n) is 17.9. The summed E-state index contributed by atoms with van der Waals surface area (Å²) in [5.41, 5.74) is -0.833. The Balaban J connectivity index is 1.72. The minimum atomic E-state index is -4.61. The number of carbonyl (C=O) groups excluding carboxylic acids is 2. The highest BCUT2D eigenvalue weighted by Gasteiger charge is 2.34. The summed E-state index contributed by atoms with van der Waals surface area (Å²) < 4.78 is 70.7. The van der Waals surface area contributed by atoms with Gasteiger partial charge in [-0.3, -0.25) is 10.1 Å². The molecule has 3 rings (SSSR count). The molecule has 1 atom stereocenters. The van der Waals surface area contributed by atoms with Crippen LogP contribution in [0.25, 0.3) is 0 Å². The van der Waals surface area contributed by atoms with Gasteiger partial charge in [-0.15, -0.1) is 0 Å². The van der Waals surface area contributed by atoms with Gasteiger partial charge in [-0.2, -0.15) is 17.5 Å². The van der Waals surface area contributed by atoms with Crippen LogP contribution in [0.1, 0.15) is 18.4 Å². The molecule has 2 aromatic rings. The number of methoxy groups -OCH3 is 1. The average Bonchev–Trinajstić information content (AvgIpc) is 2.80. The third kappa shape index (κ3) is 5.99. The van der Waals surface area contributed by atoms with Gasteiger partial charge in [0, 0.05) is 18.8 Å². The molecule has 2 N–H and O–H groups in total. The van der Waals surface area contributed by atoms with Crippen LogP contribution in [0.3, 0.4) is 0 Å². The lowest BCUT2D eigenvalue weighted by atomic mass is 9.98. The molecule has 1 heterocycles. The molecule has 184 valence electrons. The Kier molecular flexibility index (Phi) is 7.74. The maximum atomic E-state index is 13.0. The fourth-order valence-corrected chi connectivity index (χ4v) is 5.12. The summed E-state index contributed by atoms with van der Waals surface area (Å²) in [6.07, 6.45) is -4.57. The van der Waals surface area contributed by atoms with E-state index in [1.807, 2.05) is 0 Å². The number of hydrogen-bond donors (Lipinski definition) is 2. The second-order valence-electron chi connectivity index (χ2n) is 7.52. The Morgan fingerprint density at radius 3 is 2.41 bits per heavy atom. The van der Waals surface area contributed by atoms with E-state index in [-0.39, 0.29) is 28.7 Å². The lowest BCUT2D eigenvalue weighted by molar-refractivity contribution is -0.137. The van der Waals surface area contributed by atoms with Crippen LogP contribution in [0.4, 0.5) is 29.3 Å². The molecule has 8 nitrogen and oxygen atoms in total. The highest BCUT2D eigenvalue weighted by atomic mass is 35.5. The topological polar surface area (TPSA) is 105 Å². The fourth-order valence-electron chi connectivity index (χ4n) is 3.44. The highest BCUT2D eigenvalue weighted by Crippen LogP contribution is 2.34. The normalized spacial score (nSPS) is 17.1. The molecule has 1 unspecified atom stereocenters. The first-order chi connectivity index (χ1) is 15.9. The van der Waals surface area contributed by atoms with Gasteiger partial charge in [0.2, 0.25) is 15.9 Å². The van der Waals surface area contributed by atoms with E-state index in [2.05, 4.69) is 15.4 Å². The average molecular weight is 520 g/mol. The Labute approximate surface area is 199 Å². The number of benzene rings is 2. The van der Waals surface area contributed by atoms with Crippen LogP contribution in [-0.2, 0) is 25.7 Å². The summed E-state index contributed by atoms with van der Waals surface area (Å²) in [5, 5.41) is 4.73. The monoisotopic (exact) mass is 519 g/mol. The van der Waals surface area contributed by atoms with Crippen LogP contribution in [-0.4, -0.2) is 44.9 Å². The number of nitrogens with one attached hydrogen (secondary N) is 2. The Bertz CT molecular complexity index is 1170. The van der Waals surface area contributed by atoms with Crippen LogP contribution in [0.5, 0.6) is 0 Å². The fraction of sp³-hybridized carbons (Fsp3) is 0.333. The summed E-state index contributed by atoms with van der Waals surface area (Å²) in [7, 11) is -2.76. The predicted molar refractivity (Wildman–Crippen MR) is 119 cm³/mol. The summed E-state index contributed by atoms with van der Waals surface area (Å²) in [5.74, 6) is -1.41. The molecule has 34 heavy (non-hydrogen) atoms. The zero-order chi connectivity index (χ0) is 25.1. The summed E-state index contributed by atoms with van der Waals surface area (Å²) >= 11 is 5.94. The number of amides is 2. The van der Waals surface area contributed by atoms with Crippen molar-refractivity contribution in [1.82, 2.24) is 4.31 Å². The van der Waals surface area contributed by atoms with Crippen LogP contribution in [0.2, 0.25) is 5.02 Å². The van der Waals surface area contributed by atoms with E-state index in [0.717, 1.165) is 22.5 Å². The van der Waals surface area contributed by atoms with Crippen LogP contribution in [0, 0.1) is 5.92 Å². The van der Waals surface area contributed by atoms with Crippen molar-refractivity contribution in [1.29, 1.82) is 0 Å². The molecule has 13 heteroatoms. The smallest absolute Gasteiger partial charge is 0.416 e. The number of sulfonamides is 1. The number of ether oxygens (including phenoxy) is 1. The number of halogens is 4. The van der Waals surface area contributed by atoms with E-state index < -0.39 is 39.7 Å². The van der Waals surface area contributed by atoms with Crippen molar-refractivity contribution < 1.29 is 35.9 Å². The maximum absolute atomic E-state index is 13.0. The van der Waals surface area contributed by atoms with Crippen molar-refractivity contribution in [2.45, 2.75) is 23.9 Å². The quantitative estimate of drug-likeness (QED) is 0.602. The first kappa shape index (κ1) is 25.8. The van der Waals surface area contributed by atoms with E-state index in [0.29, 0.717) is 18.5 Å². The van der Waals surface area contributed by atoms with Crippen molar-refractivity contribution in [2.75, 3.05) is 30.8 Å². The van der Waals surface area contributed by atoms with Gasteiger partial charge in [-0.1, -0.05) is 11.6 Å². The van der Waals surface area contributed by atoms with Crippen molar-refractivity contribution in [3.8, 4) is 0 Å². The van der Waals surface area contributed by atoms with E-state index >= 15 is 0 Å². The van der Waals surface area contributed by atoms with Gasteiger partial charge in [-0.25, -0.2) is 13.2 Å². The number of hydrogen-bond acceptors (Lipinski definition) is 5. The molecule has 0 spiro atoms. The molecule has 1 saturated heterocycles. The SMILES string of the molecule is COC(=O)Nc1ccc(S(=O)(=O)N2CCCC(C(=O)Nc3cc(C(F)(F)F)ccc3Cl)C2)cc1. The molecule has 1 aliphatic heterocycles. The molecule has 0 aromatic heterocycles. The summed E-state index contributed by atoms with van der Waals surface area (Å²) in [6.45, 7) is 0.0332. The zero-order valence-corrected chi connectivity index (χ0v) is 19.4. The molecule has 0 aliphatic carbocycles. The van der Waals surface area contributed by atoms with Crippen LogP contribution >= 0.6 is 11.6 Å². The second-order valence-corrected chi connectivity index (χ2v) is 9.87. The Morgan fingerprint density at radius 1 is 1.12 bits per heavy atom. The minimum absolute atomic E-state index is 0.0371. The first-order valence-electron chi connectivity index (χ1n) is 10.0. The lowest BCUT2D eigenvalue weighted by Crippen LogP contribution is -2.43. The van der Waals surface area contributed by atoms with E-state index in [9.17, 15) is 31.2 Å². The number of piperidine rings is 1. The maximum Gasteiger partial charge on any atom is 0.416 e. The number of carbonyl (C=O) groups is 2. The molecule has 0 radical (unpaired) electrons. The van der Waals surface area contributed by atoms with Crippen molar-refractivity contribution in [3.63, 3.8) is 0 Å². The molecule has 2 amide bonds. The predicted octanol–water partition coefficient (Wildman–Crippen LogP) is 4.58. The minimum Gasteiger partial charge on any atom is -0.453 e. The van der Waals surface area contributed by atoms with Crippen LogP contribution in [0.15, 0.2) is 47.4 Å². The van der Waals surface area contributed by atoms with Gasteiger partial charge in [0.1, 0.15) is 0 Å². The molecule has 1 fully saturated rings. The third-order valence-corrected chi connectivity index (χ3v) is 7.44. The van der Waals surface area contributed by atoms with Gasteiger partial charge in [0.25, 0.3) is 0 Å². The molecule has 1 aliphatic rings. The largest absolute Gasteiger partial charge is 0.453 e. The molecule has 0 saturated carbocycles. The van der Waals surface area contributed by atoms with Crippen molar-refractivity contribution >= 4 is 45.0 Å². The third-order valence-electron chi connectivity index (χ3n) is 5.23. The standard InChI is InChI=1S/C21H21ClF3N3O5S/c1-33-20(30)26-15-5-7-16(8-6-15)34(31,32)28-10-2-3-13(12-28)19(29)27-18-11-14(21(23,24)25)4-9-17(18)22/h4-9,11,13H,2-3,10,12H2,1H3,(H,26,30)(H,27,29).